The molecule has 1 aromatic carbocycles. The van der Waals surface area contributed by atoms with Crippen LogP contribution in [0.4, 0.5) is 17.3 Å². The number of H-pyrrole nitrogens is 1. The normalized spacial score (nSPS) is 14.2. The lowest BCUT2D eigenvalue weighted by Gasteiger charge is -2.29. The van der Waals surface area contributed by atoms with Crippen molar-refractivity contribution in [3.05, 3.63) is 54.1 Å². The molecule has 0 bridgehead atoms. The van der Waals surface area contributed by atoms with Gasteiger partial charge in [0.05, 0.1) is 42.4 Å². The fraction of sp³-hybridized carbons (Fsp3) is 0.364. The van der Waals surface area contributed by atoms with E-state index >= 15 is 0 Å². The van der Waals surface area contributed by atoms with Crippen LogP contribution >= 0.6 is 0 Å². The number of aliphatic hydroxyl groups excluding tert-OH is 1. The molecule has 3 N–H and O–H groups in total. The van der Waals surface area contributed by atoms with Gasteiger partial charge in [-0.3, -0.25) is 9.78 Å². The number of rotatable bonds is 8. The van der Waals surface area contributed by atoms with Crippen molar-refractivity contribution >= 4 is 28.4 Å². The highest BCUT2D eigenvalue weighted by Crippen LogP contribution is 2.23. The summed E-state index contributed by atoms with van der Waals surface area (Å²) in [4.78, 5) is 11.7. The van der Waals surface area contributed by atoms with E-state index in [4.69, 9.17) is 14.8 Å². The summed E-state index contributed by atoms with van der Waals surface area (Å²) < 4.78 is 7.26. The summed E-state index contributed by atoms with van der Waals surface area (Å²) in [5.41, 5.74) is 4.77. The van der Waals surface area contributed by atoms with Gasteiger partial charge < -0.3 is 20.1 Å². The van der Waals surface area contributed by atoms with Crippen molar-refractivity contribution < 1.29 is 9.84 Å². The summed E-state index contributed by atoms with van der Waals surface area (Å²) in [5.74, 6) is 0.489. The van der Waals surface area contributed by atoms with Crippen LogP contribution in [0.5, 0.6) is 0 Å². The zero-order valence-electron chi connectivity index (χ0n) is 17.7. The van der Waals surface area contributed by atoms with Crippen LogP contribution in [0.15, 0.2) is 42.9 Å². The molecule has 0 atom stereocenters. The second kappa shape index (κ2) is 9.33. The van der Waals surface area contributed by atoms with Crippen molar-refractivity contribution in [1.82, 2.24) is 29.9 Å². The summed E-state index contributed by atoms with van der Waals surface area (Å²) in [6.07, 6.45) is 6.70. The predicted octanol–water partition coefficient (Wildman–Crippen LogP) is 2.10. The first-order valence-electron chi connectivity index (χ1n) is 10.8. The lowest BCUT2D eigenvalue weighted by Crippen LogP contribution is -2.36. The summed E-state index contributed by atoms with van der Waals surface area (Å²) >= 11 is 0. The number of benzene rings is 1. The molecule has 1 aliphatic heterocycles. The van der Waals surface area contributed by atoms with Crippen LogP contribution in [0.1, 0.15) is 17.7 Å². The number of morpholine rings is 1. The lowest BCUT2D eigenvalue weighted by atomic mass is 10.1. The van der Waals surface area contributed by atoms with Crippen LogP contribution in [0.3, 0.4) is 0 Å². The van der Waals surface area contributed by atoms with Crippen LogP contribution in [-0.4, -0.2) is 68.0 Å². The highest BCUT2D eigenvalue weighted by Gasteiger charge is 2.14. The Kier molecular flexibility index (Phi) is 5.95. The number of anilines is 3. The van der Waals surface area contributed by atoms with Crippen molar-refractivity contribution in [2.75, 3.05) is 43.1 Å². The largest absolute Gasteiger partial charge is 0.396 e. The molecule has 5 rings (SSSR count). The molecule has 0 aliphatic carbocycles. The molecule has 0 saturated carbocycles. The minimum atomic E-state index is 0.137. The highest BCUT2D eigenvalue weighted by atomic mass is 16.5. The Labute approximate surface area is 185 Å². The maximum absolute atomic E-state index is 9.00. The molecule has 1 saturated heterocycles. The Bertz CT molecular complexity index is 1180. The summed E-state index contributed by atoms with van der Waals surface area (Å²) in [5, 5.41) is 24.6. The topological polar surface area (TPSA) is 117 Å². The van der Waals surface area contributed by atoms with Gasteiger partial charge in [0.25, 0.3) is 0 Å². The standard InChI is InChI=1S/C22H26N8O2/c31-8-2-5-30-15-17(13-24-30)25-22-26-20(19-14-23-28-21(19)27-22)12-16-3-1-4-18(11-16)29-6-9-32-10-7-29/h1,3-4,11,13-15,31H,2,5-10,12H2,(H2,23,25,26,27,28). The number of hydrogen-bond donors (Lipinski definition) is 3. The fourth-order valence-electron chi connectivity index (χ4n) is 3.88. The summed E-state index contributed by atoms with van der Waals surface area (Å²) in [6.45, 7) is 4.13. The fourth-order valence-corrected chi connectivity index (χ4v) is 3.88. The van der Waals surface area contributed by atoms with Gasteiger partial charge in [-0.1, -0.05) is 12.1 Å². The van der Waals surface area contributed by atoms with Crippen LogP contribution in [0.2, 0.25) is 0 Å². The molecule has 1 aliphatic rings. The van der Waals surface area contributed by atoms with E-state index in [2.05, 4.69) is 54.8 Å². The first-order chi connectivity index (χ1) is 15.8. The van der Waals surface area contributed by atoms with Gasteiger partial charge in [-0.2, -0.15) is 15.2 Å². The average Bonchev–Trinajstić information content (AvgIpc) is 3.48. The summed E-state index contributed by atoms with van der Waals surface area (Å²) in [6, 6.07) is 8.57. The Hall–Kier alpha value is -3.50. The number of ether oxygens (including phenoxy) is 1. The summed E-state index contributed by atoms with van der Waals surface area (Å²) in [7, 11) is 0. The second-order valence-electron chi connectivity index (χ2n) is 7.77. The molecule has 0 radical (unpaired) electrons. The van der Waals surface area contributed by atoms with Crippen LogP contribution in [-0.2, 0) is 17.7 Å². The number of aromatic nitrogens is 6. The number of hydrogen-bond acceptors (Lipinski definition) is 8. The monoisotopic (exact) mass is 434 g/mol. The van der Waals surface area contributed by atoms with Crippen molar-refractivity contribution in [2.24, 2.45) is 0 Å². The Morgan fingerprint density at radius 1 is 1.16 bits per heavy atom. The van der Waals surface area contributed by atoms with E-state index < -0.39 is 0 Å². The minimum absolute atomic E-state index is 0.137. The van der Waals surface area contributed by atoms with Gasteiger partial charge in [-0.25, -0.2) is 4.98 Å². The van der Waals surface area contributed by atoms with E-state index in [-0.39, 0.29) is 6.61 Å². The van der Waals surface area contributed by atoms with Crippen molar-refractivity contribution in [3.8, 4) is 0 Å². The number of nitrogens with zero attached hydrogens (tertiary/aromatic N) is 6. The minimum Gasteiger partial charge on any atom is -0.396 e. The molecule has 166 valence electrons. The molecule has 10 nitrogen and oxygen atoms in total. The Morgan fingerprint density at radius 2 is 2.06 bits per heavy atom. The van der Waals surface area contributed by atoms with Crippen molar-refractivity contribution in [1.29, 1.82) is 0 Å². The third-order valence-corrected chi connectivity index (χ3v) is 5.48. The Balaban J connectivity index is 1.38. The van der Waals surface area contributed by atoms with E-state index in [1.54, 1.807) is 17.1 Å². The van der Waals surface area contributed by atoms with Gasteiger partial charge in [0, 0.05) is 44.5 Å². The van der Waals surface area contributed by atoms with Gasteiger partial charge in [-0.05, 0) is 24.1 Å². The third kappa shape index (κ3) is 4.56. The molecule has 1 fully saturated rings. The second-order valence-corrected chi connectivity index (χ2v) is 7.77. The van der Waals surface area contributed by atoms with Gasteiger partial charge in [0.2, 0.25) is 5.95 Å². The molecule has 0 amide bonds. The number of aromatic amines is 1. The average molecular weight is 435 g/mol. The lowest BCUT2D eigenvalue weighted by molar-refractivity contribution is 0.122. The van der Waals surface area contributed by atoms with E-state index in [1.807, 2.05) is 6.20 Å². The molecule has 0 unspecified atom stereocenters. The smallest absolute Gasteiger partial charge is 0.229 e. The van der Waals surface area contributed by atoms with Crippen LogP contribution in [0, 0.1) is 0 Å². The molecule has 3 aromatic heterocycles. The molecule has 0 spiro atoms. The molecular formula is C22H26N8O2. The molecule has 10 heteroatoms. The first-order valence-corrected chi connectivity index (χ1v) is 10.8. The zero-order chi connectivity index (χ0) is 21.8. The number of fused-ring (bicyclic) bond motifs is 1. The Morgan fingerprint density at radius 3 is 2.94 bits per heavy atom. The zero-order valence-corrected chi connectivity index (χ0v) is 17.7. The van der Waals surface area contributed by atoms with Gasteiger partial charge in [0.1, 0.15) is 0 Å². The van der Waals surface area contributed by atoms with Crippen LogP contribution in [0.25, 0.3) is 11.0 Å². The number of nitrogens with one attached hydrogen (secondary N) is 2. The van der Waals surface area contributed by atoms with E-state index in [9.17, 15) is 0 Å². The predicted molar refractivity (Wildman–Crippen MR) is 121 cm³/mol. The maximum atomic E-state index is 9.00. The first kappa shape index (κ1) is 20.4. The third-order valence-electron chi connectivity index (χ3n) is 5.48. The molecule has 4 heterocycles. The number of aliphatic hydroxyl groups is 1. The maximum Gasteiger partial charge on any atom is 0.229 e. The molecule has 4 aromatic rings. The van der Waals surface area contributed by atoms with Gasteiger partial charge in [-0.15, -0.1) is 0 Å². The van der Waals surface area contributed by atoms with Crippen LogP contribution < -0.4 is 10.2 Å². The van der Waals surface area contributed by atoms with Crippen molar-refractivity contribution in [2.45, 2.75) is 19.4 Å². The van der Waals surface area contributed by atoms with Gasteiger partial charge >= 0.3 is 0 Å². The quantitative estimate of drug-likeness (QED) is 0.386. The van der Waals surface area contributed by atoms with Crippen molar-refractivity contribution in [3.63, 3.8) is 0 Å². The SMILES string of the molecule is OCCCn1cc(Nc2nc(Cc3cccc(N4CCOCC4)c3)c3cn[nH]c3n2)cn1. The number of aryl methyl sites for hydroxylation is 1. The molecule has 32 heavy (non-hydrogen) atoms. The van der Waals surface area contributed by atoms with E-state index in [0.717, 1.165) is 43.1 Å². The van der Waals surface area contributed by atoms with Gasteiger partial charge in [0.15, 0.2) is 5.65 Å². The molecular weight excluding hydrogens is 408 g/mol. The van der Waals surface area contributed by atoms with E-state index in [0.29, 0.717) is 31.0 Å². The highest BCUT2D eigenvalue weighted by molar-refractivity contribution is 5.78. The van der Waals surface area contributed by atoms with E-state index in [1.165, 1.54) is 11.3 Å².